The predicted octanol–water partition coefficient (Wildman–Crippen LogP) is 4.16. The van der Waals surface area contributed by atoms with Crippen LogP contribution in [0.25, 0.3) is 5.69 Å². The first kappa shape index (κ1) is 27.3. The van der Waals surface area contributed by atoms with Crippen molar-refractivity contribution < 1.29 is 36.3 Å². The summed E-state index contributed by atoms with van der Waals surface area (Å²) in [7, 11) is 0. The second kappa shape index (κ2) is 12.1. The van der Waals surface area contributed by atoms with Gasteiger partial charge in [-0.1, -0.05) is 18.2 Å². The maximum atomic E-state index is 13.4. The fraction of sp³-hybridized carbons (Fsp3) is 0.500. The van der Waals surface area contributed by atoms with Crippen LogP contribution in [0.1, 0.15) is 54.6 Å². The maximum Gasteiger partial charge on any atom is 0.435 e. The van der Waals surface area contributed by atoms with E-state index in [1.165, 1.54) is 0 Å². The Labute approximate surface area is 204 Å². The van der Waals surface area contributed by atoms with Crippen LogP contribution in [0.5, 0.6) is 0 Å². The zero-order valence-corrected chi connectivity index (χ0v) is 19.4. The summed E-state index contributed by atoms with van der Waals surface area (Å²) in [5, 5.41) is 8.16. The van der Waals surface area contributed by atoms with Crippen LogP contribution in [0.2, 0.25) is 0 Å². The minimum atomic E-state index is -4.82. The Bertz CT molecular complexity index is 1050. The summed E-state index contributed by atoms with van der Waals surface area (Å²) in [4.78, 5) is 36.8. The van der Waals surface area contributed by atoms with Gasteiger partial charge in [-0.05, 0) is 44.2 Å². The van der Waals surface area contributed by atoms with Crippen LogP contribution in [-0.2, 0) is 15.8 Å². The predicted molar refractivity (Wildman–Crippen MR) is 120 cm³/mol. The second-order valence-corrected chi connectivity index (χ2v) is 8.68. The monoisotopic (exact) mass is 514 g/mol. The van der Waals surface area contributed by atoms with Crippen molar-refractivity contribution in [3.8, 4) is 5.69 Å². The van der Waals surface area contributed by atoms with E-state index in [0.29, 0.717) is 31.4 Å². The highest BCUT2D eigenvalue weighted by Gasteiger charge is 2.39. The van der Waals surface area contributed by atoms with Crippen LogP contribution < -0.4 is 10.6 Å². The number of rotatable bonds is 10. The molecule has 12 heteroatoms. The van der Waals surface area contributed by atoms with E-state index in [-0.39, 0.29) is 31.1 Å². The molecule has 0 spiro atoms. The lowest BCUT2D eigenvalue weighted by atomic mass is 9.79. The molecule has 7 nitrogen and oxygen atoms in total. The van der Waals surface area contributed by atoms with Gasteiger partial charge in [-0.3, -0.25) is 14.4 Å². The number of alkyl halides is 5. The highest BCUT2D eigenvalue weighted by atomic mass is 19.4. The molecular formula is C24H27F5N4O3. The smallest absolute Gasteiger partial charge is 0.352 e. The van der Waals surface area contributed by atoms with Gasteiger partial charge in [0.25, 0.3) is 12.3 Å². The number of nitrogens with zero attached hydrogens (tertiary/aromatic N) is 2. The van der Waals surface area contributed by atoms with Crippen molar-refractivity contribution in [2.45, 2.75) is 51.1 Å². The van der Waals surface area contributed by atoms with E-state index in [1.807, 2.05) is 0 Å². The molecule has 1 saturated carbocycles. The molecule has 196 valence electrons. The van der Waals surface area contributed by atoms with Gasteiger partial charge in [-0.2, -0.15) is 18.3 Å². The first-order chi connectivity index (χ1) is 17.1. The number of halogens is 5. The first-order valence-electron chi connectivity index (χ1n) is 11.6. The number of benzene rings is 1. The summed E-state index contributed by atoms with van der Waals surface area (Å²) < 4.78 is 65.8. The zero-order chi connectivity index (χ0) is 26.3. The van der Waals surface area contributed by atoms with Gasteiger partial charge in [0, 0.05) is 31.0 Å². The van der Waals surface area contributed by atoms with E-state index < -0.39 is 48.1 Å². The molecule has 0 atom stereocenters. The summed E-state index contributed by atoms with van der Waals surface area (Å²) in [5.41, 5.74) is -1.54. The average molecular weight is 514 g/mol. The Balaban J connectivity index is 1.47. The maximum absolute atomic E-state index is 13.4. The topological polar surface area (TPSA) is 93.1 Å². The van der Waals surface area contributed by atoms with Gasteiger partial charge in [0.1, 0.15) is 5.78 Å². The molecule has 2 aromatic rings. The van der Waals surface area contributed by atoms with Gasteiger partial charge in [-0.25, -0.2) is 13.5 Å². The van der Waals surface area contributed by atoms with Crippen LogP contribution >= 0.6 is 0 Å². The SMILES string of the molecule is O=C(NCCCC(=O)C1CCC(C(=O)NCC(F)F)CC1)c1cn(-c2ccccc2)nc1C(F)(F)F. The third-order valence-electron chi connectivity index (χ3n) is 6.12. The summed E-state index contributed by atoms with van der Waals surface area (Å²) in [6, 6.07) is 8.09. The van der Waals surface area contributed by atoms with Crippen LogP contribution in [0.3, 0.4) is 0 Å². The quantitative estimate of drug-likeness (QED) is 0.368. The summed E-state index contributed by atoms with van der Waals surface area (Å²) >= 11 is 0. The standard InChI is InChI=1S/C24H27F5N4O3/c25-20(26)13-31-22(35)16-10-8-15(9-11-16)19(34)7-4-12-30-23(36)18-14-33(17-5-2-1-3-6-17)32-21(18)24(27,28)29/h1-3,5-6,14-16,20H,4,7-13H2,(H,30,36)(H,31,35). The fourth-order valence-corrected chi connectivity index (χ4v) is 4.23. The van der Waals surface area contributed by atoms with E-state index >= 15 is 0 Å². The fourth-order valence-electron chi connectivity index (χ4n) is 4.23. The Morgan fingerprint density at radius 1 is 1.00 bits per heavy atom. The number of hydrogen-bond donors (Lipinski definition) is 2. The lowest BCUT2D eigenvalue weighted by molar-refractivity contribution is -0.141. The molecule has 1 heterocycles. The highest BCUT2D eigenvalue weighted by molar-refractivity contribution is 5.95. The third-order valence-corrected chi connectivity index (χ3v) is 6.12. The van der Waals surface area contributed by atoms with Gasteiger partial charge in [0.15, 0.2) is 5.69 Å². The van der Waals surface area contributed by atoms with Crippen molar-refractivity contribution in [1.29, 1.82) is 0 Å². The van der Waals surface area contributed by atoms with Gasteiger partial charge < -0.3 is 10.6 Å². The van der Waals surface area contributed by atoms with Crippen molar-refractivity contribution in [2.75, 3.05) is 13.1 Å². The van der Waals surface area contributed by atoms with Crippen molar-refractivity contribution in [2.24, 2.45) is 11.8 Å². The van der Waals surface area contributed by atoms with Gasteiger partial charge in [-0.15, -0.1) is 0 Å². The molecule has 1 aliphatic carbocycles. The Kier molecular flexibility index (Phi) is 9.16. The van der Waals surface area contributed by atoms with E-state index in [2.05, 4.69) is 15.7 Å². The second-order valence-electron chi connectivity index (χ2n) is 8.68. The van der Waals surface area contributed by atoms with Gasteiger partial charge in [0.05, 0.1) is 17.8 Å². The average Bonchev–Trinajstić information content (AvgIpc) is 3.32. The van der Waals surface area contributed by atoms with Crippen LogP contribution in [0.4, 0.5) is 22.0 Å². The number of hydrogen-bond acceptors (Lipinski definition) is 4. The molecule has 3 rings (SSSR count). The van der Waals surface area contributed by atoms with E-state index in [1.54, 1.807) is 30.3 Å². The number of carbonyl (C=O) groups is 3. The van der Waals surface area contributed by atoms with Crippen molar-refractivity contribution in [3.05, 3.63) is 47.8 Å². The molecule has 2 amide bonds. The third kappa shape index (κ3) is 7.34. The Morgan fingerprint density at radius 2 is 1.64 bits per heavy atom. The van der Waals surface area contributed by atoms with Crippen LogP contribution in [0, 0.1) is 11.8 Å². The summed E-state index contributed by atoms with van der Waals surface area (Å²) in [5.74, 6) is -2.08. The Morgan fingerprint density at radius 3 is 2.25 bits per heavy atom. The lowest BCUT2D eigenvalue weighted by Gasteiger charge is -2.27. The number of nitrogens with one attached hydrogen (secondary N) is 2. The number of ketones is 1. The molecule has 36 heavy (non-hydrogen) atoms. The molecule has 0 aliphatic heterocycles. The van der Waals surface area contributed by atoms with E-state index in [0.717, 1.165) is 10.9 Å². The number of carbonyl (C=O) groups excluding carboxylic acids is 3. The lowest BCUT2D eigenvalue weighted by Crippen LogP contribution is -2.36. The Hall–Kier alpha value is -3.31. The highest BCUT2D eigenvalue weighted by Crippen LogP contribution is 2.32. The number of aromatic nitrogens is 2. The molecule has 0 saturated heterocycles. The van der Waals surface area contributed by atoms with Crippen LogP contribution in [0.15, 0.2) is 36.5 Å². The molecule has 0 bridgehead atoms. The van der Waals surface area contributed by atoms with Gasteiger partial charge in [0.2, 0.25) is 5.91 Å². The largest absolute Gasteiger partial charge is 0.435 e. The molecule has 0 radical (unpaired) electrons. The summed E-state index contributed by atoms with van der Waals surface area (Å²) in [6.07, 6.45) is -4.27. The molecule has 0 unspecified atom stereocenters. The first-order valence-corrected chi connectivity index (χ1v) is 11.6. The normalized spacial score (nSPS) is 18.2. The van der Waals surface area contributed by atoms with Crippen molar-refractivity contribution in [3.63, 3.8) is 0 Å². The molecule has 1 aromatic carbocycles. The number of para-hydroxylation sites is 1. The number of amides is 2. The molecule has 1 aromatic heterocycles. The zero-order valence-electron chi connectivity index (χ0n) is 19.4. The minimum Gasteiger partial charge on any atom is -0.352 e. The number of Topliss-reactive ketones (excluding diaryl/α,β-unsaturated/α-hetero) is 1. The van der Waals surface area contributed by atoms with E-state index in [4.69, 9.17) is 0 Å². The molecular weight excluding hydrogens is 487 g/mol. The molecule has 1 aliphatic rings. The van der Waals surface area contributed by atoms with Gasteiger partial charge >= 0.3 is 6.18 Å². The molecule has 1 fully saturated rings. The van der Waals surface area contributed by atoms with E-state index in [9.17, 15) is 36.3 Å². The summed E-state index contributed by atoms with van der Waals surface area (Å²) in [6.45, 7) is -0.690. The molecule has 2 N–H and O–H groups in total. The van der Waals surface area contributed by atoms with Crippen LogP contribution in [-0.4, -0.2) is 46.9 Å². The minimum absolute atomic E-state index is 0.00374. The van der Waals surface area contributed by atoms with Crippen molar-refractivity contribution >= 4 is 17.6 Å². The van der Waals surface area contributed by atoms with Crippen molar-refractivity contribution in [1.82, 2.24) is 20.4 Å².